The van der Waals surface area contributed by atoms with E-state index in [-0.39, 0.29) is 10.8 Å². The maximum absolute atomic E-state index is 13.2. The van der Waals surface area contributed by atoms with Crippen molar-refractivity contribution in [2.24, 2.45) is 0 Å². The van der Waals surface area contributed by atoms with E-state index < -0.39 is 16.1 Å². The van der Waals surface area contributed by atoms with Gasteiger partial charge in [-0.15, -0.1) is 0 Å². The van der Waals surface area contributed by atoms with E-state index in [0.717, 1.165) is 11.4 Å². The van der Waals surface area contributed by atoms with E-state index in [0.29, 0.717) is 51.1 Å². The van der Waals surface area contributed by atoms with E-state index in [1.54, 1.807) is 47.5 Å². The van der Waals surface area contributed by atoms with Crippen LogP contribution in [0.15, 0.2) is 47.5 Å². The number of nitriles is 1. The Balaban J connectivity index is 1.44. The molecule has 2 fully saturated rings. The van der Waals surface area contributed by atoms with Crippen LogP contribution in [0.25, 0.3) is 0 Å². The lowest BCUT2D eigenvalue weighted by atomic mass is 10.2. The number of nitrogens with zero attached hydrogens (tertiary/aromatic N) is 5. The van der Waals surface area contributed by atoms with Crippen molar-refractivity contribution in [1.29, 1.82) is 5.26 Å². The van der Waals surface area contributed by atoms with E-state index >= 15 is 0 Å². The quantitative estimate of drug-likeness (QED) is 0.720. The molecule has 4 rings (SSSR count). The molecule has 9 heteroatoms. The van der Waals surface area contributed by atoms with Gasteiger partial charge in [0.05, 0.1) is 16.5 Å². The smallest absolute Gasteiger partial charge is 0.243 e. The normalized spacial score (nSPS) is 19.9. The van der Waals surface area contributed by atoms with E-state index in [9.17, 15) is 13.2 Å². The fraction of sp³-hybridized carbons (Fsp3) is 0.409. The molecule has 1 aromatic carbocycles. The number of sulfonamides is 1. The Morgan fingerprint density at radius 3 is 2.48 bits per heavy atom. The minimum atomic E-state index is -3.71. The van der Waals surface area contributed by atoms with Gasteiger partial charge in [-0.05, 0) is 44.0 Å². The topological polar surface area (TPSA) is 97.6 Å². The third-order valence-corrected chi connectivity index (χ3v) is 7.83. The molecule has 1 aromatic heterocycles. The fourth-order valence-corrected chi connectivity index (χ4v) is 5.80. The Labute approximate surface area is 182 Å². The van der Waals surface area contributed by atoms with Gasteiger partial charge in [0, 0.05) is 38.9 Å². The van der Waals surface area contributed by atoms with Crippen LogP contribution in [0.3, 0.4) is 0 Å². The van der Waals surface area contributed by atoms with Gasteiger partial charge in [-0.25, -0.2) is 13.4 Å². The molecule has 0 saturated carbocycles. The van der Waals surface area contributed by atoms with Crippen molar-refractivity contribution in [3.8, 4) is 6.07 Å². The molecule has 31 heavy (non-hydrogen) atoms. The van der Waals surface area contributed by atoms with E-state index in [2.05, 4.69) is 11.1 Å². The SMILES string of the molecule is Cc1ccc(S(=O)(=O)N2CCC[C@H]2C(=O)N2CCN(c3cc(C#N)ccn3)CC2)cc1. The number of aryl methyl sites for hydroxylation is 1. The first-order valence-electron chi connectivity index (χ1n) is 10.4. The average Bonchev–Trinajstić information content (AvgIpc) is 3.30. The molecular formula is C22H25N5O3S. The number of pyridine rings is 1. The molecule has 0 spiro atoms. The fourth-order valence-electron chi connectivity index (χ4n) is 4.15. The lowest BCUT2D eigenvalue weighted by Crippen LogP contribution is -2.54. The van der Waals surface area contributed by atoms with E-state index in [1.165, 1.54) is 4.31 Å². The summed E-state index contributed by atoms with van der Waals surface area (Å²) in [5.74, 6) is 0.585. The summed E-state index contributed by atoms with van der Waals surface area (Å²) in [6, 6.07) is 11.6. The number of rotatable bonds is 4. The van der Waals surface area contributed by atoms with E-state index in [1.807, 2.05) is 11.8 Å². The number of amides is 1. The standard InChI is InChI=1S/C22H25N5O3S/c1-17-4-6-19(7-5-17)31(29,30)27-10-2-3-20(27)22(28)26-13-11-25(12-14-26)21-15-18(16-23)8-9-24-21/h4-9,15,20H,2-3,10-14H2,1H3/t20-/m0/s1. The predicted octanol–water partition coefficient (Wildman–Crippen LogP) is 1.76. The van der Waals surface area contributed by atoms with Crippen molar-refractivity contribution >= 4 is 21.7 Å². The van der Waals surface area contributed by atoms with Gasteiger partial charge < -0.3 is 9.80 Å². The average molecular weight is 440 g/mol. The van der Waals surface area contributed by atoms with Gasteiger partial charge in [-0.1, -0.05) is 17.7 Å². The molecule has 2 aliphatic rings. The number of hydrogen-bond donors (Lipinski definition) is 0. The number of hydrogen-bond acceptors (Lipinski definition) is 6. The van der Waals surface area contributed by atoms with Crippen LogP contribution in [-0.2, 0) is 14.8 Å². The summed E-state index contributed by atoms with van der Waals surface area (Å²) in [5.41, 5.74) is 1.53. The summed E-state index contributed by atoms with van der Waals surface area (Å²) in [5, 5.41) is 9.08. The maximum atomic E-state index is 13.2. The third kappa shape index (κ3) is 4.27. The Hall–Kier alpha value is -2.96. The van der Waals surface area contributed by atoms with Crippen molar-refractivity contribution < 1.29 is 13.2 Å². The summed E-state index contributed by atoms with van der Waals surface area (Å²) in [6.07, 6.45) is 2.82. The van der Waals surface area contributed by atoms with Crippen LogP contribution in [0.4, 0.5) is 5.82 Å². The molecule has 0 aliphatic carbocycles. The van der Waals surface area contributed by atoms with E-state index in [4.69, 9.17) is 5.26 Å². The molecule has 2 aliphatic heterocycles. The molecule has 0 radical (unpaired) electrons. The highest BCUT2D eigenvalue weighted by atomic mass is 32.2. The van der Waals surface area contributed by atoms with Crippen LogP contribution in [0.2, 0.25) is 0 Å². The number of carbonyl (C=O) groups excluding carboxylic acids is 1. The van der Waals surface area contributed by atoms with Gasteiger partial charge in [0.25, 0.3) is 0 Å². The Morgan fingerprint density at radius 1 is 1.10 bits per heavy atom. The molecule has 1 amide bonds. The van der Waals surface area contributed by atoms with Gasteiger partial charge in [0.2, 0.25) is 15.9 Å². The minimum absolute atomic E-state index is 0.133. The molecule has 0 unspecified atom stereocenters. The van der Waals surface area contributed by atoms with Crippen LogP contribution in [0.1, 0.15) is 24.0 Å². The van der Waals surface area contributed by atoms with Gasteiger partial charge >= 0.3 is 0 Å². The van der Waals surface area contributed by atoms with Crippen LogP contribution >= 0.6 is 0 Å². The third-order valence-electron chi connectivity index (χ3n) is 5.91. The first-order chi connectivity index (χ1) is 14.9. The second-order valence-corrected chi connectivity index (χ2v) is 9.80. The monoisotopic (exact) mass is 439 g/mol. The largest absolute Gasteiger partial charge is 0.353 e. The molecule has 1 atom stereocenters. The molecule has 2 saturated heterocycles. The highest BCUT2D eigenvalue weighted by Crippen LogP contribution is 2.28. The molecule has 8 nitrogen and oxygen atoms in total. The zero-order chi connectivity index (χ0) is 22.0. The zero-order valence-corrected chi connectivity index (χ0v) is 18.3. The summed E-state index contributed by atoms with van der Waals surface area (Å²) in [7, 11) is -3.71. The summed E-state index contributed by atoms with van der Waals surface area (Å²) >= 11 is 0. The van der Waals surface area contributed by atoms with Crippen molar-refractivity contribution in [3.05, 3.63) is 53.7 Å². The van der Waals surface area contributed by atoms with Gasteiger partial charge in [0.15, 0.2) is 0 Å². The van der Waals surface area contributed by atoms with Crippen LogP contribution in [0.5, 0.6) is 0 Å². The molecule has 0 N–H and O–H groups in total. The molecule has 0 bridgehead atoms. The van der Waals surface area contributed by atoms with Crippen molar-refractivity contribution in [3.63, 3.8) is 0 Å². The highest BCUT2D eigenvalue weighted by Gasteiger charge is 2.41. The predicted molar refractivity (Wildman–Crippen MR) is 116 cm³/mol. The van der Waals surface area contributed by atoms with Gasteiger partial charge in [-0.3, -0.25) is 4.79 Å². The zero-order valence-electron chi connectivity index (χ0n) is 17.4. The van der Waals surface area contributed by atoms with Crippen molar-refractivity contribution in [2.45, 2.75) is 30.7 Å². The maximum Gasteiger partial charge on any atom is 0.243 e. The van der Waals surface area contributed by atoms with Crippen molar-refractivity contribution in [2.75, 3.05) is 37.6 Å². The molecule has 2 aromatic rings. The van der Waals surface area contributed by atoms with Crippen LogP contribution in [0, 0.1) is 18.3 Å². The Bertz CT molecular complexity index is 1100. The summed E-state index contributed by atoms with van der Waals surface area (Å²) in [4.78, 5) is 21.6. The van der Waals surface area contributed by atoms with Crippen LogP contribution < -0.4 is 4.90 Å². The number of piperazine rings is 1. The number of anilines is 1. The molecule has 162 valence electrons. The molecule has 3 heterocycles. The lowest BCUT2D eigenvalue weighted by Gasteiger charge is -2.37. The second-order valence-electron chi connectivity index (χ2n) is 7.91. The Morgan fingerprint density at radius 2 is 1.81 bits per heavy atom. The van der Waals surface area contributed by atoms with Gasteiger partial charge in [0.1, 0.15) is 11.9 Å². The van der Waals surface area contributed by atoms with Crippen molar-refractivity contribution in [1.82, 2.24) is 14.2 Å². The number of benzene rings is 1. The molecular weight excluding hydrogens is 414 g/mol. The summed E-state index contributed by atoms with van der Waals surface area (Å²) in [6.45, 7) is 4.43. The number of aromatic nitrogens is 1. The second kappa shape index (κ2) is 8.65. The first-order valence-corrected chi connectivity index (χ1v) is 11.8. The summed E-state index contributed by atoms with van der Waals surface area (Å²) < 4.78 is 27.7. The lowest BCUT2D eigenvalue weighted by molar-refractivity contribution is -0.134. The van der Waals surface area contributed by atoms with Gasteiger partial charge in [-0.2, -0.15) is 9.57 Å². The number of carbonyl (C=O) groups is 1. The first kappa shape index (κ1) is 21.3. The minimum Gasteiger partial charge on any atom is -0.353 e. The highest BCUT2D eigenvalue weighted by molar-refractivity contribution is 7.89. The Kier molecular flexibility index (Phi) is 5.94. The van der Waals surface area contributed by atoms with Crippen LogP contribution in [-0.4, -0.2) is 67.3 Å².